The Balaban J connectivity index is 2.35. The molecule has 0 radical (unpaired) electrons. The minimum atomic E-state index is -1.14. The maximum absolute atomic E-state index is 11.0. The summed E-state index contributed by atoms with van der Waals surface area (Å²) in [6, 6.07) is 8.32. The number of hydrogen-bond acceptors (Lipinski definition) is 3. The van der Waals surface area contributed by atoms with Crippen LogP contribution in [0.3, 0.4) is 0 Å². The fourth-order valence-electron chi connectivity index (χ4n) is 1.86. The lowest BCUT2D eigenvalue weighted by atomic mass is 10.1. The molecular formula is C15H16O4. The first-order chi connectivity index (χ1) is 9.11. The molecule has 2 N–H and O–H groups in total. The Morgan fingerprint density at radius 1 is 1.21 bits per heavy atom. The number of benzene rings is 2. The summed E-state index contributed by atoms with van der Waals surface area (Å²) < 4.78 is 5.58. The quantitative estimate of drug-likeness (QED) is 0.808. The number of carboxylic acids is 1. The fraction of sp³-hybridized carbons (Fsp3) is 0.267. The Morgan fingerprint density at radius 3 is 2.68 bits per heavy atom. The summed E-state index contributed by atoms with van der Waals surface area (Å²) in [5, 5.41) is 20.1. The van der Waals surface area contributed by atoms with E-state index < -0.39 is 5.97 Å². The summed E-state index contributed by atoms with van der Waals surface area (Å²) in [5.41, 5.74) is -0.0989. The van der Waals surface area contributed by atoms with Gasteiger partial charge in [-0.25, -0.2) is 4.79 Å². The van der Waals surface area contributed by atoms with E-state index in [1.807, 2.05) is 12.1 Å². The van der Waals surface area contributed by atoms with Gasteiger partial charge in [-0.3, -0.25) is 0 Å². The van der Waals surface area contributed by atoms with Crippen LogP contribution in [0, 0.1) is 0 Å². The Morgan fingerprint density at radius 2 is 2.00 bits per heavy atom. The molecule has 0 saturated heterocycles. The lowest BCUT2D eigenvalue weighted by Gasteiger charge is -2.08. The molecule has 0 aromatic heterocycles. The zero-order valence-electron chi connectivity index (χ0n) is 10.7. The van der Waals surface area contributed by atoms with Gasteiger partial charge in [0.05, 0.1) is 6.61 Å². The third-order valence-electron chi connectivity index (χ3n) is 2.92. The van der Waals surface area contributed by atoms with Gasteiger partial charge in [-0.1, -0.05) is 19.4 Å². The van der Waals surface area contributed by atoms with E-state index in [2.05, 4.69) is 6.92 Å². The summed E-state index contributed by atoms with van der Waals surface area (Å²) in [6.45, 7) is 2.73. The monoisotopic (exact) mass is 260 g/mol. The smallest absolute Gasteiger partial charge is 0.339 e. The van der Waals surface area contributed by atoms with E-state index in [-0.39, 0.29) is 11.3 Å². The maximum Gasteiger partial charge on any atom is 0.339 e. The topological polar surface area (TPSA) is 66.8 Å². The van der Waals surface area contributed by atoms with Crippen LogP contribution in [0.1, 0.15) is 30.1 Å². The Labute approximate surface area is 111 Å². The zero-order valence-corrected chi connectivity index (χ0v) is 10.7. The highest BCUT2D eigenvalue weighted by atomic mass is 16.5. The molecule has 4 nitrogen and oxygen atoms in total. The van der Waals surface area contributed by atoms with Crippen LogP contribution in [-0.4, -0.2) is 22.8 Å². The van der Waals surface area contributed by atoms with Gasteiger partial charge in [0.2, 0.25) is 0 Å². The van der Waals surface area contributed by atoms with E-state index in [0.29, 0.717) is 12.4 Å². The van der Waals surface area contributed by atoms with Gasteiger partial charge in [0.1, 0.15) is 17.1 Å². The number of carbonyl (C=O) groups is 1. The van der Waals surface area contributed by atoms with Gasteiger partial charge < -0.3 is 14.9 Å². The molecule has 0 aliphatic heterocycles. The van der Waals surface area contributed by atoms with Gasteiger partial charge in [-0.2, -0.15) is 0 Å². The molecule has 0 fully saturated rings. The number of carboxylic acid groups (broad SMARTS) is 1. The Kier molecular flexibility index (Phi) is 3.90. The number of ether oxygens (including phenoxy) is 1. The van der Waals surface area contributed by atoms with Crippen molar-refractivity contribution in [2.24, 2.45) is 0 Å². The second-order valence-electron chi connectivity index (χ2n) is 4.39. The Hall–Kier alpha value is -2.23. The standard InChI is InChI=1S/C15H16O4/c1-2-3-6-19-12-5-4-10-9-14(16)13(15(17)18)8-11(10)7-12/h4-5,7-9,16H,2-3,6H2,1H3,(H,17,18). The minimum Gasteiger partial charge on any atom is -0.507 e. The predicted octanol–water partition coefficient (Wildman–Crippen LogP) is 3.42. The van der Waals surface area contributed by atoms with E-state index in [4.69, 9.17) is 9.84 Å². The molecular weight excluding hydrogens is 244 g/mol. The van der Waals surface area contributed by atoms with E-state index in [0.717, 1.165) is 23.6 Å². The molecule has 0 saturated carbocycles. The van der Waals surface area contributed by atoms with Gasteiger partial charge in [0.25, 0.3) is 0 Å². The molecule has 0 aliphatic rings. The van der Waals surface area contributed by atoms with E-state index in [1.54, 1.807) is 6.07 Å². The summed E-state index contributed by atoms with van der Waals surface area (Å²) in [5.74, 6) is -0.653. The second kappa shape index (κ2) is 5.61. The molecule has 0 atom stereocenters. The van der Waals surface area contributed by atoms with Gasteiger partial charge in [-0.15, -0.1) is 0 Å². The van der Waals surface area contributed by atoms with Gasteiger partial charge in [0, 0.05) is 0 Å². The largest absolute Gasteiger partial charge is 0.507 e. The van der Waals surface area contributed by atoms with Crippen molar-refractivity contribution in [2.75, 3.05) is 6.61 Å². The van der Waals surface area contributed by atoms with Crippen molar-refractivity contribution in [2.45, 2.75) is 19.8 Å². The molecule has 0 bridgehead atoms. The van der Waals surface area contributed by atoms with Crippen LogP contribution < -0.4 is 4.74 Å². The number of aromatic hydroxyl groups is 1. The van der Waals surface area contributed by atoms with Crippen molar-refractivity contribution >= 4 is 16.7 Å². The summed E-state index contributed by atoms with van der Waals surface area (Å²) in [7, 11) is 0. The van der Waals surface area contributed by atoms with Gasteiger partial charge in [0.15, 0.2) is 0 Å². The lowest BCUT2D eigenvalue weighted by Crippen LogP contribution is -1.98. The molecule has 19 heavy (non-hydrogen) atoms. The lowest BCUT2D eigenvalue weighted by molar-refractivity contribution is 0.0694. The van der Waals surface area contributed by atoms with Crippen LogP contribution in [0.15, 0.2) is 30.3 Å². The number of unbranched alkanes of at least 4 members (excludes halogenated alkanes) is 1. The van der Waals surface area contributed by atoms with Crippen molar-refractivity contribution in [3.05, 3.63) is 35.9 Å². The molecule has 0 amide bonds. The highest BCUT2D eigenvalue weighted by Crippen LogP contribution is 2.28. The molecule has 0 heterocycles. The van der Waals surface area contributed by atoms with E-state index in [1.165, 1.54) is 12.1 Å². The molecule has 2 aromatic carbocycles. The predicted molar refractivity (Wildman–Crippen MR) is 73.0 cm³/mol. The fourth-order valence-corrected chi connectivity index (χ4v) is 1.86. The third-order valence-corrected chi connectivity index (χ3v) is 2.92. The molecule has 4 heteroatoms. The van der Waals surface area contributed by atoms with E-state index >= 15 is 0 Å². The molecule has 0 unspecified atom stereocenters. The maximum atomic E-state index is 11.0. The molecule has 2 rings (SSSR count). The van der Waals surface area contributed by atoms with Crippen molar-refractivity contribution in [1.82, 2.24) is 0 Å². The van der Waals surface area contributed by atoms with Gasteiger partial charge >= 0.3 is 5.97 Å². The van der Waals surface area contributed by atoms with Crippen molar-refractivity contribution in [3.8, 4) is 11.5 Å². The number of aromatic carboxylic acids is 1. The normalized spacial score (nSPS) is 10.6. The van der Waals surface area contributed by atoms with Crippen molar-refractivity contribution < 1.29 is 19.7 Å². The highest BCUT2D eigenvalue weighted by Gasteiger charge is 2.11. The third kappa shape index (κ3) is 2.96. The highest BCUT2D eigenvalue weighted by molar-refractivity contribution is 5.97. The number of phenols is 1. The first-order valence-corrected chi connectivity index (χ1v) is 6.24. The number of hydrogen-bond donors (Lipinski definition) is 2. The molecule has 0 spiro atoms. The molecule has 100 valence electrons. The van der Waals surface area contributed by atoms with E-state index in [9.17, 15) is 9.90 Å². The van der Waals surface area contributed by atoms with Crippen LogP contribution in [0.5, 0.6) is 11.5 Å². The number of rotatable bonds is 5. The SMILES string of the molecule is CCCCOc1ccc2cc(O)c(C(=O)O)cc2c1. The van der Waals surface area contributed by atoms with Crippen LogP contribution in [0.2, 0.25) is 0 Å². The summed E-state index contributed by atoms with van der Waals surface area (Å²) in [6.07, 6.45) is 2.04. The number of fused-ring (bicyclic) bond motifs is 1. The first-order valence-electron chi connectivity index (χ1n) is 6.24. The summed E-state index contributed by atoms with van der Waals surface area (Å²) in [4.78, 5) is 11.0. The minimum absolute atomic E-state index is 0.0989. The van der Waals surface area contributed by atoms with Crippen LogP contribution in [-0.2, 0) is 0 Å². The first kappa shape index (κ1) is 13.2. The molecule has 0 aliphatic carbocycles. The average molecular weight is 260 g/mol. The zero-order chi connectivity index (χ0) is 13.8. The summed E-state index contributed by atoms with van der Waals surface area (Å²) >= 11 is 0. The second-order valence-corrected chi connectivity index (χ2v) is 4.39. The van der Waals surface area contributed by atoms with Crippen LogP contribution in [0.25, 0.3) is 10.8 Å². The van der Waals surface area contributed by atoms with Crippen LogP contribution >= 0.6 is 0 Å². The van der Waals surface area contributed by atoms with Crippen molar-refractivity contribution in [1.29, 1.82) is 0 Å². The average Bonchev–Trinajstić information content (AvgIpc) is 2.38. The molecule has 2 aromatic rings. The van der Waals surface area contributed by atoms with Gasteiger partial charge in [-0.05, 0) is 41.5 Å². The van der Waals surface area contributed by atoms with Crippen molar-refractivity contribution in [3.63, 3.8) is 0 Å². The van der Waals surface area contributed by atoms with Crippen LogP contribution in [0.4, 0.5) is 0 Å². The Bertz CT molecular complexity index is 604.